The fourth-order valence-corrected chi connectivity index (χ4v) is 10.6. The molecule has 3 nitrogen and oxygen atoms in total. The Morgan fingerprint density at radius 1 is 0.408 bits per heavy atom. The van der Waals surface area contributed by atoms with Gasteiger partial charge in [0.25, 0.3) is 0 Å². The molecule has 9 rings (SSSR count). The average molecular weight is 653 g/mol. The van der Waals surface area contributed by atoms with Gasteiger partial charge in [-0.1, -0.05) is 115 Å². The van der Waals surface area contributed by atoms with Gasteiger partial charge in [0.15, 0.2) is 7.14 Å². The van der Waals surface area contributed by atoms with Crippen LogP contribution >= 0.6 is 7.14 Å². The van der Waals surface area contributed by atoms with Gasteiger partial charge in [0, 0.05) is 11.1 Å². The van der Waals surface area contributed by atoms with Gasteiger partial charge in [0.1, 0.15) is 28.3 Å². The molecule has 49 heavy (non-hydrogen) atoms. The molecule has 7 aromatic rings. The Balaban J connectivity index is 1.41. The summed E-state index contributed by atoms with van der Waals surface area (Å²) >= 11 is 0. The van der Waals surface area contributed by atoms with E-state index in [1.165, 1.54) is 0 Å². The van der Waals surface area contributed by atoms with Crippen molar-refractivity contribution in [1.82, 2.24) is 0 Å². The smallest absolute Gasteiger partial charge is 0.185 e. The molecule has 0 bridgehead atoms. The van der Waals surface area contributed by atoms with Crippen molar-refractivity contribution in [1.29, 1.82) is 0 Å². The molecule has 2 aliphatic heterocycles. The lowest BCUT2D eigenvalue weighted by atomic mass is 9.92. The van der Waals surface area contributed by atoms with Crippen LogP contribution in [0.2, 0.25) is 0 Å². The first-order valence-corrected chi connectivity index (χ1v) is 18.3. The van der Waals surface area contributed by atoms with Crippen LogP contribution in [-0.2, 0) is 4.57 Å². The van der Waals surface area contributed by atoms with Crippen LogP contribution < -0.4 is 25.4 Å². The molecule has 4 heteroatoms. The summed E-state index contributed by atoms with van der Waals surface area (Å²) in [5.74, 6) is 2.40. The molecule has 0 aromatic heterocycles. The maximum absolute atomic E-state index is 16.8. The van der Waals surface area contributed by atoms with Crippen molar-refractivity contribution in [3.8, 4) is 67.5 Å². The van der Waals surface area contributed by atoms with Crippen LogP contribution in [0.1, 0.15) is 16.7 Å². The van der Waals surface area contributed by atoms with Crippen LogP contribution in [0.3, 0.4) is 0 Å². The maximum Gasteiger partial charge on any atom is 0.185 e. The minimum absolute atomic E-state index is 0.594. The molecule has 2 heterocycles. The molecule has 0 N–H and O–H groups in total. The van der Waals surface area contributed by atoms with Gasteiger partial charge in [-0.25, -0.2) is 0 Å². The minimum atomic E-state index is -3.60. The zero-order valence-electron chi connectivity index (χ0n) is 27.5. The van der Waals surface area contributed by atoms with E-state index < -0.39 is 7.14 Å². The summed E-state index contributed by atoms with van der Waals surface area (Å²) in [5.41, 5.74) is 11.4. The Morgan fingerprint density at radius 2 is 0.857 bits per heavy atom. The normalized spacial score (nSPS) is 15.3. The summed E-state index contributed by atoms with van der Waals surface area (Å²) in [4.78, 5) is 0. The van der Waals surface area contributed by atoms with Crippen molar-refractivity contribution in [2.75, 3.05) is 0 Å². The second kappa shape index (κ2) is 11.2. The summed E-state index contributed by atoms with van der Waals surface area (Å²) in [6.07, 6.45) is 0. The maximum atomic E-state index is 16.8. The summed E-state index contributed by atoms with van der Waals surface area (Å²) < 4.78 is 30.7. The van der Waals surface area contributed by atoms with Gasteiger partial charge in [-0.3, -0.25) is 0 Å². The molecule has 0 fully saturated rings. The molecular weight excluding hydrogens is 619 g/mol. The minimum Gasteiger partial charge on any atom is -0.455 e. The van der Waals surface area contributed by atoms with E-state index in [0.29, 0.717) is 38.9 Å². The predicted octanol–water partition coefficient (Wildman–Crippen LogP) is 11.1. The van der Waals surface area contributed by atoms with Crippen LogP contribution in [0.4, 0.5) is 0 Å². The second-order valence-corrected chi connectivity index (χ2v) is 15.6. The zero-order chi connectivity index (χ0) is 33.3. The summed E-state index contributed by atoms with van der Waals surface area (Å²) in [5, 5.41) is 2.00. The third-order valence-electron chi connectivity index (χ3n) is 9.98. The first kappa shape index (κ1) is 29.5. The standard InChI is InChI=1S/C45H33O3P/c1-28-13-7-10-18-34(28)33-22-24-40-42(26-33)49(46)41-25-32(31-16-5-4-6-17-31)21-23-39(41)47-43-37(35-19-11-8-14-29(35)2)27-38(44(48-40)45(43)49)36-20-12-9-15-30(36)3/h4-27H,1-3H3. The van der Waals surface area contributed by atoms with E-state index in [1.54, 1.807) is 0 Å². The zero-order valence-corrected chi connectivity index (χ0v) is 28.4. The van der Waals surface area contributed by atoms with Gasteiger partial charge in [0.2, 0.25) is 0 Å². The Labute approximate surface area is 286 Å². The topological polar surface area (TPSA) is 35.5 Å². The Hall–Kier alpha value is -5.63. The number of fused-ring (bicyclic) bond motifs is 4. The van der Waals surface area contributed by atoms with Crippen molar-refractivity contribution < 1.29 is 14.0 Å². The lowest BCUT2D eigenvalue weighted by molar-refractivity contribution is 0.464. The molecule has 1 atom stereocenters. The number of benzene rings is 7. The Kier molecular flexibility index (Phi) is 6.76. The third kappa shape index (κ3) is 4.54. The molecule has 0 saturated heterocycles. The van der Waals surface area contributed by atoms with Gasteiger partial charge < -0.3 is 14.0 Å². The van der Waals surface area contributed by atoms with Gasteiger partial charge in [-0.2, -0.15) is 0 Å². The summed E-state index contributed by atoms with van der Waals surface area (Å²) in [6.45, 7) is 6.33. The van der Waals surface area contributed by atoms with Gasteiger partial charge >= 0.3 is 0 Å². The highest BCUT2D eigenvalue weighted by molar-refractivity contribution is 7.86. The number of hydrogen-bond acceptors (Lipinski definition) is 3. The predicted molar refractivity (Wildman–Crippen MR) is 202 cm³/mol. The molecule has 0 amide bonds. The van der Waals surface area contributed by atoms with E-state index in [1.807, 2.05) is 66.7 Å². The lowest BCUT2D eigenvalue weighted by Gasteiger charge is -2.37. The molecule has 0 spiro atoms. The summed E-state index contributed by atoms with van der Waals surface area (Å²) in [7, 11) is -3.60. The molecule has 236 valence electrons. The van der Waals surface area contributed by atoms with Gasteiger partial charge in [-0.15, -0.1) is 0 Å². The fourth-order valence-electron chi connectivity index (χ4n) is 7.44. The van der Waals surface area contributed by atoms with Crippen molar-refractivity contribution in [3.63, 3.8) is 0 Å². The number of hydrogen-bond donors (Lipinski definition) is 0. The Morgan fingerprint density at radius 3 is 1.39 bits per heavy atom. The van der Waals surface area contributed by atoms with Crippen LogP contribution in [0.25, 0.3) is 44.5 Å². The van der Waals surface area contributed by atoms with Crippen LogP contribution in [0.5, 0.6) is 23.0 Å². The third-order valence-corrected chi connectivity index (χ3v) is 13.1. The SMILES string of the molecule is Cc1ccccc1-c1ccc2c(c1)P1(=O)c3cc(-c4ccccc4)ccc3Oc3c(-c4ccccc4C)cc(-c4ccccc4C)c(c31)O2. The van der Waals surface area contributed by atoms with Crippen molar-refractivity contribution in [2.45, 2.75) is 20.8 Å². The highest BCUT2D eigenvalue weighted by Gasteiger charge is 2.49. The number of aryl methyl sites for hydroxylation is 3. The highest BCUT2D eigenvalue weighted by Crippen LogP contribution is 2.62. The second-order valence-electron chi connectivity index (χ2n) is 13.0. The average Bonchev–Trinajstić information content (AvgIpc) is 3.13. The Bertz CT molecular complexity index is 2450. The van der Waals surface area contributed by atoms with E-state index in [9.17, 15) is 0 Å². The van der Waals surface area contributed by atoms with Gasteiger partial charge in [0.05, 0.1) is 10.6 Å². The first-order chi connectivity index (χ1) is 23.9. The molecule has 0 aliphatic carbocycles. The van der Waals surface area contributed by atoms with Crippen LogP contribution in [-0.4, -0.2) is 0 Å². The van der Waals surface area contributed by atoms with E-state index >= 15 is 4.57 Å². The summed E-state index contributed by atoms with van der Waals surface area (Å²) in [6, 6.07) is 49.6. The van der Waals surface area contributed by atoms with E-state index in [2.05, 4.69) is 99.6 Å². The quantitative estimate of drug-likeness (QED) is 0.178. The van der Waals surface area contributed by atoms with Crippen molar-refractivity contribution in [3.05, 3.63) is 162 Å². The molecule has 0 radical (unpaired) electrons. The van der Waals surface area contributed by atoms with E-state index in [4.69, 9.17) is 9.47 Å². The van der Waals surface area contributed by atoms with Crippen molar-refractivity contribution >= 4 is 23.1 Å². The van der Waals surface area contributed by atoms with Crippen molar-refractivity contribution in [2.24, 2.45) is 0 Å². The molecule has 0 saturated carbocycles. The fraction of sp³-hybridized carbons (Fsp3) is 0.0667. The first-order valence-electron chi connectivity index (χ1n) is 16.6. The van der Waals surface area contributed by atoms with Crippen LogP contribution in [0, 0.1) is 20.8 Å². The monoisotopic (exact) mass is 652 g/mol. The molecule has 2 aliphatic rings. The lowest BCUT2D eigenvalue weighted by Crippen LogP contribution is -2.36. The molecular formula is C45H33O3P. The van der Waals surface area contributed by atoms with E-state index in [-0.39, 0.29) is 0 Å². The number of ether oxygens (including phenoxy) is 2. The number of rotatable bonds is 4. The van der Waals surface area contributed by atoms with Gasteiger partial charge in [-0.05, 0) is 101 Å². The molecule has 1 unspecified atom stereocenters. The van der Waals surface area contributed by atoms with Crippen LogP contribution in [0.15, 0.2) is 146 Å². The largest absolute Gasteiger partial charge is 0.455 e. The highest BCUT2D eigenvalue weighted by atomic mass is 31.2. The van der Waals surface area contributed by atoms with E-state index in [0.717, 1.165) is 61.2 Å². The molecule has 7 aromatic carbocycles.